The van der Waals surface area contributed by atoms with Gasteiger partial charge in [0.15, 0.2) is 0 Å². The fraction of sp³-hybridized carbons (Fsp3) is 0.500. The SMILES string of the molecule is Cc1ccc2ncc(CN3CCCC(O)(CC(N)=O)C3)n2c1. The molecular formula is C16H22N4O2. The fourth-order valence-corrected chi connectivity index (χ4v) is 3.29. The molecule has 0 aliphatic carbocycles. The standard InChI is InChI=1S/C16H22N4O2/c1-12-3-4-15-18-8-13(20(15)9-12)10-19-6-2-5-16(22,11-19)7-14(17)21/h3-4,8-9,22H,2,5-7,10-11H2,1H3,(H2,17,21). The van der Waals surface area contributed by atoms with Crippen LogP contribution in [0.3, 0.4) is 0 Å². The average molecular weight is 302 g/mol. The summed E-state index contributed by atoms with van der Waals surface area (Å²) in [4.78, 5) is 17.7. The van der Waals surface area contributed by atoms with Gasteiger partial charge in [0.1, 0.15) is 5.65 Å². The Labute approximate surface area is 129 Å². The minimum atomic E-state index is -1.000. The number of primary amides is 1. The first-order chi connectivity index (χ1) is 10.5. The van der Waals surface area contributed by atoms with Crippen LogP contribution in [0, 0.1) is 6.92 Å². The number of aryl methyl sites for hydroxylation is 1. The van der Waals surface area contributed by atoms with Crippen molar-refractivity contribution in [3.8, 4) is 0 Å². The van der Waals surface area contributed by atoms with Crippen molar-refractivity contribution in [1.29, 1.82) is 0 Å². The molecular weight excluding hydrogens is 280 g/mol. The van der Waals surface area contributed by atoms with Crippen LogP contribution in [0.1, 0.15) is 30.5 Å². The van der Waals surface area contributed by atoms with E-state index in [0.717, 1.165) is 24.3 Å². The van der Waals surface area contributed by atoms with E-state index in [-0.39, 0.29) is 6.42 Å². The van der Waals surface area contributed by atoms with E-state index < -0.39 is 11.5 Å². The summed E-state index contributed by atoms with van der Waals surface area (Å²) in [6.07, 6.45) is 5.45. The highest BCUT2D eigenvalue weighted by molar-refractivity contribution is 5.75. The lowest BCUT2D eigenvalue weighted by Gasteiger charge is -2.38. The summed E-state index contributed by atoms with van der Waals surface area (Å²) >= 11 is 0. The number of hydrogen-bond acceptors (Lipinski definition) is 4. The molecule has 1 aliphatic rings. The molecule has 3 N–H and O–H groups in total. The highest BCUT2D eigenvalue weighted by Crippen LogP contribution is 2.25. The third-order valence-corrected chi connectivity index (χ3v) is 4.25. The van der Waals surface area contributed by atoms with Crippen LogP contribution in [0.25, 0.3) is 5.65 Å². The molecule has 0 radical (unpaired) electrons. The molecule has 0 spiro atoms. The number of rotatable bonds is 4. The molecule has 22 heavy (non-hydrogen) atoms. The van der Waals surface area contributed by atoms with Gasteiger partial charge in [0.25, 0.3) is 0 Å². The van der Waals surface area contributed by atoms with Crippen LogP contribution in [0.5, 0.6) is 0 Å². The van der Waals surface area contributed by atoms with Crippen molar-refractivity contribution < 1.29 is 9.90 Å². The van der Waals surface area contributed by atoms with E-state index >= 15 is 0 Å². The van der Waals surface area contributed by atoms with E-state index in [0.29, 0.717) is 19.5 Å². The summed E-state index contributed by atoms with van der Waals surface area (Å²) in [5.41, 5.74) is 7.43. The van der Waals surface area contributed by atoms with E-state index in [1.54, 1.807) is 0 Å². The van der Waals surface area contributed by atoms with Crippen LogP contribution in [0.4, 0.5) is 0 Å². The normalized spacial score (nSPS) is 23.0. The summed E-state index contributed by atoms with van der Waals surface area (Å²) in [6.45, 7) is 4.12. The molecule has 6 heteroatoms. The number of nitrogens with two attached hydrogens (primary N) is 1. The number of aliphatic hydroxyl groups is 1. The number of imidazole rings is 1. The summed E-state index contributed by atoms with van der Waals surface area (Å²) in [7, 11) is 0. The number of β-amino-alcohol motifs (C(OH)–C–C–N with tert-alkyl or cyclic N) is 1. The van der Waals surface area contributed by atoms with Gasteiger partial charge in [-0.05, 0) is 37.9 Å². The zero-order valence-electron chi connectivity index (χ0n) is 12.8. The third kappa shape index (κ3) is 3.13. The maximum Gasteiger partial charge on any atom is 0.220 e. The van der Waals surface area contributed by atoms with Crippen LogP contribution < -0.4 is 5.73 Å². The van der Waals surface area contributed by atoms with Gasteiger partial charge in [0.05, 0.1) is 23.9 Å². The molecule has 0 saturated carbocycles. The van der Waals surface area contributed by atoms with Crippen molar-refractivity contribution in [3.63, 3.8) is 0 Å². The second-order valence-corrected chi connectivity index (χ2v) is 6.37. The van der Waals surface area contributed by atoms with Crippen LogP contribution in [0.2, 0.25) is 0 Å². The van der Waals surface area contributed by atoms with Gasteiger partial charge >= 0.3 is 0 Å². The monoisotopic (exact) mass is 302 g/mol. The van der Waals surface area contributed by atoms with Crippen LogP contribution >= 0.6 is 0 Å². The quantitative estimate of drug-likeness (QED) is 0.877. The van der Waals surface area contributed by atoms with Gasteiger partial charge in [-0.3, -0.25) is 9.69 Å². The molecule has 1 fully saturated rings. The summed E-state index contributed by atoms with van der Waals surface area (Å²) in [6, 6.07) is 4.04. The number of pyridine rings is 1. The summed E-state index contributed by atoms with van der Waals surface area (Å²) in [5.74, 6) is -0.449. The van der Waals surface area contributed by atoms with Crippen LogP contribution in [-0.4, -0.2) is 44.0 Å². The highest BCUT2D eigenvalue weighted by Gasteiger charge is 2.34. The highest BCUT2D eigenvalue weighted by atomic mass is 16.3. The average Bonchev–Trinajstić information content (AvgIpc) is 2.80. The first kappa shape index (κ1) is 15.0. The number of carbonyl (C=O) groups is 1. The number of fused-ring (bicyclic) bond motifs is 1. The second kappa shape index (κ2) is 5.70. The maximum atomic E-state index is 11.1. The Morgan fingerprint density at radius 3 is 3.09 bits per heavy atom. The van der Waals surface area contributed by atoms with Crippen molar-refractivity contribution in [1.82, 2.24) is 14.3 Å². The number of nitrogens with zero attached hydrogens (tertiary/aromatic N) is 3. The van der Waals surface area contributed by atoms with Gasteiger partial charge in [-0.2, -0.15) is 0 Å². The Balaban J connectivity index is 1.77. The van der Waals surface area contributed by atoms with Gasteiger partial charge in [-0.1, -0.05) is 6.07 Å². The largest absolute Gasteiger partial charge is 0.388 e. The van der Waals surface area contributed by atoms with E-state index in [9.17, 15) is 9.90 Å². The lowest BCUT2D eigenvalue weighted by atomic mass is 9.89. The van der Waals surface area contributed by atoms with Gasteiger partial charge in [-0.15, -0.1) is 0 Å². The lowest BCUT2D eigenvalue weighted by molar-refractivity contribution is -0.125. The predicted octanol–water partition coefficient (Wildman–Crippen LogP) is 0.845. The molecule has 3 rings (SSSR count). The Bertz CT molecular complexity index is 697. The summed E-state index contributed by atoms with van der Waals surface area (Å²) in [5, 5.41) is 10.5. The molecule has 1 amide bonds. The Kier molecular flexibility index (Phi) is 3.88. The van der Waals surface area contributed by atoms with Crippen molar-refractivity contribution in [2.75, 3.05) is 13.1 Å². The Morgan fingerprint density at radius 2 is 2.32 bits per heavy atom. The van der Waals surface area contributed by atoms with Gasteiger partial charge < -0.3 is 15.2 Å². The van der Waals surface area contributed by atoms with E-state index in [4.69, 9.17) is 5.73 Å². The van der Waals surface area contributed by atoms with Gasteiger partial charge in [0.2, 0.25) is 5.91 Å². The first-order valence-corrected chi connectivity index (χ1v) is 7.61. The maximum absolute atomic E-state index is 11.1. The first-order valence-electron chi connectivity index (χ1n) is 7.61. The topological polar surface area (TPSA) is 83.9 Å². The van der Waals surface area contributed by atoms with Crippen molar-refractivity contribution in [2.45, 2.75) is 38.3 Å². The van der Waals surface area contributed by atoms with E-state index in [2.05, 4.69) is 27.4 Å². The molecule has 0 aromatic carbocycles. The van der Waals surface area contributed by atoms with Crippen LogP contribution in [0.15, 0.2) is 24.5 Å². The molecule has 1 aliphatic heterocycles. The minimum Gasteiger partial charge on any atom is -0.388 e. The zero-order chi connectivity index (χ0) is 15.7. The molecule has 1 unspecified atom stereocenters. The summed E-state index contributed by atoms with van der Waals surface area (Å²) < 4.78 is 2.08. The number of amides is 1. The minimum absolute atomic E-state index is 0.0236. The lowest BCUT2D eigenvalue weighted by Crippen LogP contribution is -2.49. The molecule has 0 bridgehead atoms. The molecule has 3 heterocycles. The third-order valence-electron chi connectivity index (χ3n) is 4.25. The van der Waals surface area contributed by atoms with Crippen molar-refractivity contribution in [3.05, 3.63) is 35.8 Å². The van der Waals surface area contributed by atoms with Gasteiger partial charge in [0, 0.05) is 19.3 Å². The molecule has 6 nitrogen and oxygen atoms in total. The number of hydrogen-bond donors (Lipinski definition) is 2. The molecule has 1 saturated heterocycles. The van der Waals surface area contributed by atoms with E-state index in [1.807, 2.05) is 18.3 Å². The Morgan fingerprint density at radius 1 is 1.50 bits per heavy atom. The number of carbonyl (C=O) groups excluding carboxylic acids is 1. The zero-order valence-corrected chi connectivity index (χ0v) is 12.8. The van der Waals surface area contributed by atoms with E-state index in [1.165, 1.54) is 5.56 Å². The molecule has 2 aromatic heterocycles. The fourth-order valence-electron chi connectivity index (χ4n) is 3.29. The molecule has 2 aromatic rings. The molecule has 118 valence electrons. The second-order valence-electron chi connectivity index (χ2n) is 6.37. The molecule has 1 atom stereocenters. The van der Waals surface area contributed by atoms with Gasteiger partial charge in [-0.25, -0.2) is 4.98 Å². The van der Waals surface area contributed by atoms with Crippen LogP contribution in [-0.2, 0) is 11.3 Å². The predicted molar refractivity (Wildman–Crippen MR) is 83.2 cm³/mol. The number of piperidine rings is 1. The number of likely N-dealkylation sites (tertiary alicyclic amines) is 1. The van der Waals surface area contributed by atoms with Crippen molar-refractivity contribution in [2.24, 2.45) is 5.73 Å². The van der Waals surface area contributed by atoms with Crippen molar-refractivity contribution >= 4 is 11.6 Å². The Hall–Kier alpha value is -1.92. The smallest absolute Gasteiger partial charge is 0.220 e. The number of aromatic nitrogens is 2.